The second-order valence-corrected chi connectivity index (χ2v) is 4.65. The molecule has 4 nitrogen and oxygen atoms in total. The van der Waals surface area contributed by atoms with Crippen LogP contribution in [0.25, 0.3) is 11.5 Å². The molecule has 2 aromatic heterocycles. The first kappa shape index (κ1) is 11.3. The molecule has 18 heavy (non-hydrogen) atoms. The minimum atomic E-state index is 0.747. The Morgan fingerprint density at radius 2 is 2.00 bits per heavy atom. The molecule has 92 valence electrons. The quantitative estimate of drug-likeness (QED) is 0.825. The van der Waals surface area contributed by atoms with E-state index in [0.717, 1.165) is 42.4 Å². The standard InChI is InChI=1S/C14H16N4/c1-9-4-3-5-13(16-9)14-17-10(2)11-8-15-7-6-12(11)18-14/h3-5,15H,6-8H2,1-2H3. The molecule has 0 bridgehead atoms. The van der Waals surface area contributed by atoms with Crippen LogP contribution in [0.1, 0.15) is 22.6 Å². The topological polar surface area (TPSA) is 50.7 Å². The van der Waals surface area contributed by atoms with Crippen molar-refractivity contribution in [3.8, 4) is 11.5 Å². The summed E-state index contributed by atoms with van der Waals surface area (Å²) < 4.78 is 0. The van der Waals surface area contributed by atoms with Crippen molar-refractivity contribution >= 4 is 0 Å². The van der Waals surface area contributed by atoms with Crippen LogP contribution in [0.3, 0.4) is 0 Å². The van der Waals surface area contributed by atoms with Gasteiger partial charge in [-0.25, -0.2) is 15.0 Å². The van der Waals surface area contributed by atoms with Crippen LogP contribution in [-0.4, -0.2) is 21.5 Å². The largest absolute Gasteiger partial charge is 0.312 e. The van der Waals surface area contributed by atoms with Crippen LogP contribution in [0.5, 0.6) is 0 Å². The van der Waals surface area contributed by atoms with Crippen molar-refractivity contribution in [2.24, 2.45) is 0 Å². The zero-order chi connectivity index (χ0) is 12.5. The van der Waals surface area contributed by atoms with Crippen LogP contribution in [0.15, 0.2) is 18.2 Å². The first-order valence-electron chi connectivity index (χ1n) is 6.25. The van der Waals surface area contributed by atoms with Crippen molar-refractivity contribution in [2.45, 2.75) is 26.8 Å². The number of hydrogen-bond acceptors (Lipinski definition) is 4. The van der Waals surface area contributed by atoms with E-state index in [0.29, 0.717) is 0 Å². The van der Waals surface area contributed by atoms with Gasteiger partial charge in [0, 0.05) is 36.5 Å². The Hall–Kier alpha value is -1.81. The van der Waals surface area contributed by atoms with Gasteiger partial charge in [-0.2, -0.15) is 0 Å². The van der Waals surface area contributed by atoms with E-state index in [2.05, 4.69) is 20.3 Å². The second kappa shape index (κ2) is 4.46. The average molecular weight is 240 g/mol. The number of nitrogens with zero attached hydrogens (tertiary/aromatic N) is 3. The van der Waals surface area contributed by atoms with E-state index in [4.69, 9.17) is 0 Å². The molecular weight excluding hydrogens is 224 g/mol. The van der Waals surface area contributed by atoms with Crippen molar-refractivity contribution in [3.05, 3.63) is 40.8 Å². The summed E-state index contributed by atoms with van der Waals surface area (Å²) in [5.74, 6) is 0.747. The fourth-order valence-corrected chi connectivity index (χ4v) is 2.29. The summed E-state index contributed by atoms with van der Waals surface area (Å²) in [7, 11) is 0. The number of pyridine rings is 1. The number of nitrogens with one attached hydrogen (secondary N) is 1. The molecule has 1 aliphatic rings. The number of aryl methyl sites for hydroxylation is 2. The minimum Gasteiger partial charge on any atom is -0.312 e. The lowest BCUT2D eigenvalue weighted by Crippen LogP contribution is -2.26. The summed E-state index contributed by atoms with van der Waals surface area (Å²) in [6.07, 6.45) is 0.970. The van der Waals surface area contributed by atoms with Crippen molar-refractivity contribution in [3.63, 3.8) is 0 Å². The third kappa shape index (κ3) is 1.99. The Balaban J connectivity index is 2.11. The van der Waals surface area contributed by atoms with Crippen molar-refractivity contribution < 1.29 is 0 Å². The molecule has 0 aliphatic carbocycles. The van der Waals surface area contributed by atoms with E-state index in [1.807, 2.05) is 32.0 Å². The molecule has 2 aromatic rings. The highest BCUT2D eigenvalue weighted by molar-refractivity contribution is 5.51. The molecule has 1 aliphatic heterocycles. The Kier molecular flexibility index (Phi) is 2.80. The summed E-state index contributed by atoms with van der Waals surface area (Å²) in [5, 5.41) is 3.35. The van der Waals surface area contributed by atoms with Crippen molar-refractivity contribution in [1.82, 2.24) is 20.3 Å². The zero-order valence-corrected chi connectivity index (χ0v) is 10.7. The predicted molar refractivity (Wildman–Crippen MR) is 70.1 cm³/mol. The van der Waals surface area contributed by atoms with Crippen LogP contribution in [0.2, 0.25) is 0 Å². The summed E-state index contributed by atoms with van der Waals surface area (Å²) in [5.41, 5.74) is 5.33. The fraction of sp³-hybridized carbons (Fsp3) is 0.357. The summed E-state index contributed by atoms with van der Waals surface area (Å²) >= 11 is 0. The maximum absolute atomic E-state index is 4.67. The van der Waals surface area contributed by atoms with Gasteiger partial charge in [0.15, 0.2) is 5.82 Å². The van der Waals surface area contributed by atoms with Crippen LogP contribution in [-0.2, 0) is 13.0 Å². The van der Waals surface area contributed by atoms with Gasteiger partial charge in [-0.05, 0) is 26.0 Å². The summed E-state index contributed by atoms with van der Waals surface area (Å²) in [6.45, 7) is 5.90. The third-order valence-electron chi connectivity index (χ3n) is 3.26. The van der Waals surface area contributed by atoms with Crippen LogP contribution >= 0.6 is 0 Å². The maximum atomic E-state index is 4.67. The molecule has 0 aromatic carbocycles. The smallest absolute Gasteiger partial charge is 0.178 e. The number of hydrogen-bond donors (Lipinski definition) is 1. The monoisotopic (exact) mass is 240 g/mol. The van der Waals surface area contributed by atoms with Gasteiger partial charge in [-0.3, -0.25) is 0 Å². The zero-order valence-electron chi connectivity index (χ0n) is 10.7. The predicted octanol–water partition coefficient (Wildman–Crippen LogP) is 1.80. The molecule has 0 atom stereocenters. The normalized spacial score (nSPS) is 14.3. The van der Waals surface area contributed by atoms with E-state index in [1.165, 1.54) is 11.3 Å². The van der Waals surface area contributed by atoms with Crippen LogP contribution in [0.4, 0.5) is 0 Å². The second-order valence-electron chi connectivity index (χ2n) is 4.65. The lowest BCUT2D eigenvalue weighted by Gasteiger charge is -2.18. The van der Waals surface area contributed by atoms with Gasteiger partial charge in [0.05, 0.1) is 5.69 Å². The molecule has 0 saturated carbocycles. The van der Waals surface area contributed by atoms with Crippen LogP contribution < -0.4 is 5.32 Å². The molecule has 3 rings (SSSR count). The lowest BCUT2D eigenvalue weighted by molar-refractivity contribution is 0.621. The first-order valence-corrected chi connectivity index (χ1v) is 6.25. The van der Waals surface area contributed by atoms with Gasteiger partial charge < -0.3 is 5.32 Å². The molecular formula is C14H16N4. The van der Waals surface area contributed by atoms with E-state index in [1.54, 1.807) is 0 Å². The first-order chi connectivity index (χ1) is 8.74. The fourth-order valence-electron chi connectivity index (χ4n) is 2.29. The molecule has 0 spiro atoms. The SMILES string of the molecule is Cc1cccc(-c2nc(C)c3c(n2)CCNC3)n1. The molecule has 1 N–H and O–H groups in total. The molecule has 0 saturated heterocycles. The van der Waals surface area contributed by atoms with Gasteiger partial charge in [0.2, 0.25) is 0 Å². The highest BCUT2D eigenvalue weighted by Crippen LogP contribution is 2.19. The molecule has 0 unspecified atom stereocenters. The van der Waals surface area contributed by atoms with Gasteiger partial charge in [0.1, 0.15) is 5.69 Å². The average Bonchev–Trinajstić information content (AvgIpc) is 2.39. The maximum Gasteiger partial charge on any atom is 0.178 e. The lowest BCUT2D eigenvalue weighted by atomic mass is 10.1. The third-order valence-corrected chi connectivity index (χ3v) is 3.26. The minimum absolute atomic E-state index is 0.747. The van der Waals surface area contributed by atoms with Gasteiger partial charge in [-0.15, -0.1) is 0 Å². The van der Waals surface area contributed by atoms with Gasteiger partial charge in [-0.1, -0.05) is 6.07 Å². The highest BCUT2D eigenvalue weighted by atomic mass is 15.0. The molecule has 0 radical (unpaired) electrons. The summed E-state index contributed by atoms with van der Waals surface area (Å²) in [4.78, 5) is 13.7. The van der Waals surface area contributed by atoms with E-state index in [-0.39, 0.29) is 0 Å². The number of fused-ring (bicyclic) bond motifs is 1. The molecule has 4 heteroatoms. The molecule has 3 heterocycles. The summed E-state index contributed by atoms with van der Waals surface area (Å²) in [6, 6.07) is 5.95. The van der Waals surface area contributed by atoms with E-state index >= 15 is 0 Å². The Morgan fingerprint density at radius 3 is 2.83 bits per heavy atom. The van der Waals surface area contributed by atoms with Gasteiger partial charge >= 0.3 is 0 Å². The Labute approximate surface area is 107 Å². The Bertz CT molecular complexity index is 592. The molecule has 0 amide bonds. The highest BCUT2D eigenvalue weighted by Gasteiger charge is 2.16. The van der Waals surface area contributed by atoms with E-state index in [9.17, 15) is 0 Å². The number of rotatable bonds is 1. The van der Waals surface area contributed by atoms with E-state index < -0.39 is 0 Å². The van der Waals surface area contributed by atoms with Crippen LogP contribution in [0, 0.1) is 13.8 Å². The number of aromatic nitrogens is 3. The Morgan fingerprint density at radius 1 is 1.11 bits per heavy atom. The molecule has 0 fully saturated rings. The van der Waals surface area contributed by atoms with Crippen molar-refractivity contribution in [1.29, 1.82) is 0 Å². The van der Waals surface area contributed by atoms with Crippen molar-refractivity contribution in [2.75, 3.05) is 6.54 Å². The van der Waals surface area contributed by atoms with Gasteiger partial charge in [0.25, 0.3) is 0 Å².